The van der Waals surface area contributed by atoms with Crippen molar-refractivity contribution in [3.8, 4) is 0 Å². The Morgan fingerprint density at radius 3 is 2.75 bits per heavy atom. The number of rotatable bonds is 2. The first-order valence-corrected chi connectivity index (χ1v) is 3.86. The van der Waals surface area contributed by atoms with Crippen LogP contribution in [-0.4, -0.2) is 6.67 Å². The Hall–Kier alpha value is -0.630. The zero-order chi connectivity index (χ0) is 9.14. The lowest BCUT2D eigenvalue weighted by Crippen LogP contribution is -1.99. The van der Waals surface area contributed by atoms with Gasteiger partial charge in [-0.15, -0.1) is 0 Å². The van der Waals surface area contributed by atoms with Gasteiger partial charge in [-0.3, -0.25) is 4.39 Å². The smallest absolute Gasteiger partial charge is 0.127 e. The predicted molar refractivity (Wildman–Crippen MR) is 45.4 cm³/mol. The van der Waals surface area contributed by atoms with E-state index in [9.17, 15) is 8.78 Å². The van der Waals surface area contributed by atoms with Gasteiger partial charge in [0.2, 0.25) is 0 Å². The van der Waals surface area contributed by atoms with Crippen LogP contribution < -0.4 is 0 Å². The first kappa shape index (κ1) is 9.46. The standard InChI is InChI=1S/C9H8ClF2/c1-6(5-11)8-4-7(10)2-3-9(8)12/h2-4H,5H2,1H3. The van der Waals surface area contributed by atoms with Gasteiger partial charge in [0.05, 0.1) is 6.67 Å². The van der Waals surface area contributed by atoms with Crippen molar-refractivity contribution < 1.29 is 8.78 Å². The Morgan fingerprint density at radius 1 is 1.50 bits per heavy atom. The fourth-order valence-corrected chi connectivity index (χ4v) is 1.07. The van der Waals surface area contributed by atoms with Crippen molar-refractivity contribution in [2.75, 3.05) is 6.67 Å². The van der Waals surface area contributed by atoms with Crippen LogP contribution in [0.15, 0.2) is 18.2 Å². The molecule has 0 fully saturated rings. The molecule has 0 aliphatic rings. The van der Waals surface area contributed by atoms with E-state index in [0.717, 1.165) is 0 Å². The van der Waals surface area contributed by atoms with Gasteiger partial charge in [0.25, 0.3) is 0 Å². The Kier molecular flexibility index (Phi) is 3.04. The summed E-state index contributed by atoms with van der Waals surface area (Å²) in [6, 6.07) is 4.09. The van der Waals surface area contributed by atoms with Gasteiger partial charge in [-0.2, -0.15) is 0 Å². The number of benzene rings is 1. The molecule has 0 heterocycles. The SMILES string of the molecule is C[C](CF)c1cc(Cl)ccc1F. The van der Waals surface area contributed by atoms with Crippen LogP contribution in [0.4, 0.5) is 8.78 Å². The molecule has 1 aromatic rings. The summed E-state index contributed by atoms with van der Waals surface area (Å²) < 4.78 is 25.1. The zero-order valence-corrected chi connectivity index (χ0v) is 7.33. The third-order valence-electron chi connectivity index (χ3n) is 1.59. The highest BCUT2D eigenvalue weighted by atomic mass is 35.5. The second-order valence-corrected chi connectivity index (χ2v) is 2.97. The summed E-state index contributed by atoms with van der Waals surface area (Å²) in [5.74, 6) is -0.0791. The highest BCUT2D eigenvalue weighted by Gasteiger charge is 2.11. The molecule has 0 aliphatic carbocycles. The summed E-state index contributed by atoms with van der Waals surface area (Å²) in [6.07, 6.45) is 0. The molecule has 0 saturated heterocycles. The van der Waals surface area contributed by atoms with Gasteiger partial charge in [-0.1, -0.05) is 18.5 Å². The van der Waals surface area contributed by atoms with Crippen LogP contribution in [0.1, 0.15) is 12.5 Å². The number of hydrogen-bond acceptors (Lipinski definition) is 0. The minimum Gasteiger partial charge on any atom is -0.250 e. The monoisotopic (exact) mass is 189 g/mol. The Labute approximate surface area is 75.2 Å². The maximum absolute atomic E-state index is 13.0. The molecule has 1 radical (unpaired) electrons. The van der Waals surface area contributed by atoms with Gasteiger partial charge >= 0.3 is 0 Å². The number of alkyl halides is 1. The van der Waals surface area contributed by atoms with Crippen LogP contribution in [0, 0.1) is 11.7 Å². The molecule has 0 amide bonds. The van der Waals surface area contributed by atoms with Crippen molar-refractivity contribution in [3.05, 3.63) is 40.5 Å². The highest BCUT2D eigenvalue weighted by Crippen LogP contribution is 2.22. The van der Waals surface area contributed by atoms with E-state index in [1.165, 1.54) is 25.1 Å². The molecular formula is C9H8ClF2. The van der Waals surface area contributed by atoms with E-state index in [-0.39, 0.29) is 5.56 Å². The minimum atomic E-state index is -0.655. The molecule has 0 unspecified atom stereocenters. The van der Waals surface area contributed by atoms with Gasteiger partial charge in [-0.05, 0) is 23.8 Å². The molecule has 1 rings (SSSR count). The van der Waals surface area contributed by atoms with E-state index in [2.05, 4.69) is 0 Å². The second-order valence-electron chi connectivity index (χ2n) is 2.54. The van der Waals surface area contributed by atoms with Gasteiger partial charge in [-0.25, -0.2) is 4.39 Å². The fourth-order valence-electron chi connectivity index (χ4n) is 0.897. The van der Waals surface area contributed by atoms with E-state index >= 15 is 0 Å². The average molecular weight is 190 g/mol. The molecule has 1 aromatic carbocycles. The second kappa shape index (κ2) is 3.85. The van der Waals surface area contributed by atoms with Crippen molar-refractivity contribution in [3.63, 3.8) is 0 Å². The van der Waals surface area contributed by atoms with E-state index in [0.29, 0.717) is 10.9 Å². The molecule has 0 atom stereocenters. The normalized spacial score (nSPS) is 10.8. The lowest BCUT2D eigenvalue weighted by atomic mass is 10.0. The summed E-state index contributed by atoms with van der Waals surface area (Å²) in [5.41, 5.74) is 0.255. The number of hydrogen-bond donors (Lipinski definition) is 0. The third kappa shape index (κ3) is 1.95. The molecule has 12 heavy (non-hydrogen) atoms. The average Bonchev–Trinajstić information content (AvgIpc) is 2.08. The van der Waals surface area contributed by atoms with Gasteiger partial charge < -0.3 is 0 Å². The molecule has 0 nitrogen and oxygen atoms in total. The molecule has 0 aliphatic heterocycles. The lowest BCUT2D eigenvalue weighted by Gasteiger charge is -2.07. The number of halogens is 3. The quantitative estimate of drug-likeness (QED) is 0.669. The molecule has 0 bridgehead atoms. The molecule has 0 saturated carbocycles. The van der Waals surface area contributed by atoms with Gasteiger partial charge in [0, 0.05) is 10.9 Å². The summed E-state index contributed by atoms with van der Waals surface area (Å²) >= 11 is 5.62. The first-order chi connectivity index (χ1) is 5.65. The minimum absolute atomic E-state index is 0.255. The first-order valence-electron chi connectivity index (χ1n) is 3.49. The molecule has 65 valence electrons. The van der Waals surface area contributed by atoms with E-state index in [1.54, 1.807) is 0 Å². The van der Waals surface area contributed by atoms with Crippen molar-refractivity contribution in [2.24, 2.45) is 0 Å². The molecule has 0 spiro atoms. The third-order valence-corrected chi connectivity index (χ3v) is 1.82. The Bertz CT molecular complexity index is 273. The summed E-state index contributed by atoms with van der Waals surface area (Å²) in [5, 5.41) is 0.416. The summed E-state index contributed by atoms with van der Waals surface area (Å²) in [4.78, 5) is 0. The van der Waals surface area contributed by atoms with E-state index < -0.39 is 12.5 Å². The maximum Gasteiger partial charge on any atom is 0.127 e. The summed E-state index contributed by atoms with van der Waals surface area (Å²) in [7, 11) is 0. The molecular weight excluding hydrogens is 182 g/mol. The topological polar surface area (TPSA) is 0 Å². The van der Waals surface area contributed by atoms with Crippen LogP contribution in [0.3, 0.4) is 0 Å². The van der Waals surface area contributed by atoms with Crippen molar-refractivity contribution >= 4 is 11.6 Å². The van der Waals surface area contributed by atoms with Crippen molar-refractivity contribution in [1.29, 1.82) is 0 Å². The van der Waals surface area contributed by atoms with Crippen molar-refractivity contribution in [1.82, 2.24) is 0 Å². The van der Waals surface area contributed by atoms with Crippen LogP contribution in [0.25, 0.3) is 0 Å². The largest absolute Gasteiger partial charge is 0.250 e. The molecule has 0 aromatic heterocycles. The van der Waals surface area contributed by atoms with E-state index in [4.69, 9.17) is 11.6 Å². The maximum atomic E-state index is 13.0. The van der Waals surface area contributed by atoms with Crippen LogP contribution in [0.5, 0.6) is 0 Å². The molecule has 3 heteroatoms. The zero-order valence-electron chi connectivity index (χ0n) is 6.57. The molecule has 0 N–H and O–H groups in total. The van der Waals surface area contributed by atoms with Crippen LogP contribution in [0.2, 0.25) is 5.02 Å². The summed E-state index contributed by atoms with van der Waals surface area (Å²) in [6.45, 7) is 0.881. The Morgan fingerprint density at radius 2 is 2.17 bits per heavy atom. The Balaban J connectivity index is 3.04. The fraction of sp³-hybridized carbons (Fsp3) is 0.222. The van der Waals surface area contributed by atoms with Crippen LogP contribution in [-0.2, 0) is 0 Å². The van der Waals surface area contributed by atoms with Gasteiger partial charge in [0.1, 0.15) is 5.82 Å². The lowest BCUT2D eigenvalue weighted by molar-refractivity contribution is 0.507. The predicted octanol–water partition coefficient (Wildman–Crippen LogP) is 3.39. The van der Waals surface area contributed by atoms with E-state index in [1.807, 2.05) is 0 Å². The van der Waals surface area contributed by atoms with Gasteiger partial charge in [0.15, 0.2) is 0 Å². The highest BCUT2D eigenvalue weighted by molar-refractivity contribution is 6.30. The van der Waals surface area contributed by atoms with Crippen molar-refractivity contribution in [2.45, 2.75) is 6.92 Å². The van der Waals surface area contributed by atoms with Crippen LogP contribution >= 0.6 is 11.6 Å².